The van der Waals surface area contributed by atoms with E-state index in [4.69, 9.17) is 9.84 Å². The van der Waals surface area contributed by atoms with Gasteiger partial charge in [0.05, 0.1) is 5.41 Å². The third kappa shape index (κ3) is 4.29. The van der Waals surface area contributed by atoms with E-state index >= 15 is 0 Å². The van der Waals surface area contributed by atoms with Crippen LogP contribution in [0.25, 0.3) is 0 Å². The van der Waals surface area contributed by atoms with Crippen LogP contribution in [0, 0.1) is 5.41 Å². The third-order valence-corrected chi connectivity index (χ3v) is 2.23. The van der Waals surface area contributed by atoms with Crippen molar-refractivity contribution in [2.75, 3.05) is 13.7 Å². The van der Waals surface area contributed by atoms with Gasteiger partial charge in [-0.25, -0.2) is 0 Å². The standard InChI is InChI=1S/C10H19NO4/c1-5-7(15-4)8(12)11-6-10(2,3)9(13)14/h7H,5-6H2,1-4H3,(H,11,12)(H,13,14). The largest absolute Gasteiger partial charge is 0.481 e. The van der Waals surface area contributed by atoms with Crippen molar-refractivity contribution in [2.24, 2.45) is 5.41 Å². The van der Waals surface area contributed by atoms with Crippen LogP contribution in [0.3, 0.4) is 0 Å². The molecule has 1 unspecified atom stereocenters. The van der Waals surface area contributed by atoms with E-state index < -0.39 is 17.5 Å². The number of ether oxygens (including phenoxy) is 1. The lowest BCUT2D eigenvalue weighted by molar-refractivity contribution is -0.147. The van der Waals surface area contributed by atoms with Crippen LogP contribution in [0.15, 0.2) is 0 Å². The molecule has 2 N–H and O–H groups in total. The number of carbonyl (C=O) groups is 2. The monoisotopic (exact) mass is 217 g/mol. The molecule has 0 aliphatic rings. The Bertz CT molecular complexity index is 234. The summed E-state index contributed by atoms with van der Waals surface area (Å²) in [5.41, 5.74) is -0.957. The van der Waals surface area contributed by atoms with Gasteiger partial charge in [0.1, 0.15) is 6.10 Å². The van der Waals surface area contributed by atoms with Crippen LogP contribution in [-0.2, 0) is 14.3 Å². The van der Waals surface area contributed by atoms with Crippen molar-refractivity contribution in [3.8, 4) is 0 Å². The molecule has 5 nitrogen and oxygen atoms in total. The maximum Gasteiger partial charge on any atom is 0.310 e. The van der Waals surface area contributed by atoms with Crippen LogP contribution in [-0.4, -0.2) is 36.7 Å². The van der Waals surface area contributed by atoms with Crippen LogP contribution < -0.4 is 5.32 Å². The van der Waals surface area contributed by atoms with Gasteiger partial charge in [0.2, 0.25) is 5.91 Å². The molecular formula is C10H19NO4. The van der Waals surface area contributed by atoms with Crippen LogP contribution in [0.1, 0.15) is 27.2 Å². The second-order valence-corrected chi connectivity index (χ2v) is 4.04. The highest BCUT2D eigenvalue weighted by atomic mass is 16.5. The molecule has 0 aromatic heterocycles. The summed E-state index contributed by atoms with van der Waals surface area (Å²) in [4.78, 5) is 22.2. The molecule has 0 aromatic carbocycles. The van der Waals surface area contributed by atoms with Gasteiger partial charge in [-0.15, -0.1) is 0 Å². The number of nitrogens with one attached hydrogen (secondary N) is 1. The number of methoxy groups -OCH3 is 1. The fourth-order valence-electron chi connectivity index (χ4n) is 0.957. The summed E-state index contributed by atoms with van der Waals surface area (Å²) in [6.07, 6.45) is 0.0603. The van der Waals surface area contributed by atoms with Crippen molar-refractivity contribution in [3.05, 3.63) is 0 Å². The second-order valence-electron chi connectivity index (χ2n) is 4.04. The molecule has 1 atom stereocenters. The molecular weight excluding hydrogens is 198 g/mol. The van der Waals surface area contributed by atoms with Gasteiger partial charge in [0.15, 0.2) is 0 Å². The summed E-state index contributed by atoms with van der Waals surface area (Å²) >= 11 is 0. The summed E-state index contributed by atoms with van der Waals surface area (Å²) in [5.74, 6) is -1.21. The highest BCUT2D eigenvalue weighted by Gasteiger charge is 2.28. The minimum absolute atomic E-state index is 0.0982. The molecule has 0 heterocycles. The molecule has 5 heteroatoms. The molecule has 0 saturated carbocycles. The van der Waals surface area contributed by atoms with Crippen LogP contribution in [0.4, 0.5) is 0 Å². The van der Waals surface area contributed by atoms with Crippen molar-refractivity contribution in [3.63, 3.8) is 0 Å². The molecule has 0 aromatic rings. The van der Waals surface area contributed by atoms with Gasteiger partial charge >= 0.3 is 5.97 Å². The number of carboxylic acids is 1. The van der Waals surface area contributed by atoms with Gasteiger partial charge in [-0.05, 0) is 20.3 Å². The molecule has 0 radical (unpaired) electrons. The van der Waals surface area contributed by atoms with E-state index in [1.807, 2.05) is 6.92 Å². The zero-order chi connectivity index (χ0) is 12.1. The van der Waals surface area contributed by atoms with E-state index in [1.165, 1.54) is 7.11 Å². The molecule has 1 amide bonds. The number of aliphatic carboxylic acids is 1. The number of carbonyl (C=O) groups excluding carboxylic acids is 1. The number of rotatable bonds is 6. The Balaban J connectivity index is 4.16. The van der Waals surface area contributed by atoms with E-state index in [1.54, 1.807) is 13.8 Å². The van der Waals surface area contributed by atoms with Crippen molar-refractivity contribution in [1.29, 1.82) is 0 Å². The van der Waals surface area contributed by atoms with E-state index in [0.29, 0.717) is 6.42 Å². The van der Waals surface area contributed by atoms with Gasteiger partial charge in [0, 0.05) is 13.7 Å². The smallest absolute Gasteiger partial charge is 0.310 e. The first-order chi connectivity index (χ1) is 6.85. The lowest BCUT2D eigenvalue weighted by atomic mass is 9.94. The molecule has 0 spiro atoms. The van der Waals surface area contributed by atoms with Crippen LogP contribution in [0.5, 0.6) is 0 Å². The Morgan fingerprint density at radius 1 is 1.47 bits per heavy atom. The predicted molar refractivity (Wildman–Crippen MR) is 55.5 cm³/mol. The van der Waals surface area contributed by atoms with Crippen LogP contribution >= 0.6 is 0 Å². The molecule has 15 heavy (non-hydrogen) atoms. The van der Waals surface area contributed by atoms with Crippen molar-refractivity contribution in [1.82, 2.24) is 5.32 Å². The number of hydrogen-bond donors (Lipinski definition) is 2. The number of hydrogen-bond acceptors (Lipinski definition) is 3. The van der Waals surface area contributed by atoms with E-state index in [9.17, 15) is 9.59 Å². The Hall–Kier alpha value is -1.10. The molecule has 0 rings (SSSR count). The quantitative estimate of drug-likeness (QED) is 0.684. The van der Waals surface area contributed by atoms with Gasteiger partial charge in [-0.2, -0.15) is 0 Å². The van der Waals surface area contributed by atoms with Crippen LogP contribution in [0.2, 0.25) is 0 Å². The van der Waals surface area contributed by atoms with Gasteiger partial charge in [-0.1, -0.05) is 6.92 Å². The predicted octanol–water partition coefficient (Wildman–Crippen LogP) is 0.638. The molecule has 0 aliphatic carbocycles. The van der Waals surface area contributed by atoms with Gasteiger partial charge in [0.25, 0.3) is 0 Å². The third-order valence-electron chi connectivity index (χ3n) is 2.23. The minimum atomic E-state index is -0.957. The lowest BCUT2D eigenvalue weighted by Crippen LogP contribution is -2.43. The van der Waals surface area contributed by atoms with E-state index in [-0.39, 0.29) is 12.5 Å². The summed E-state index contributed by atoms with van der Waals surface area (Å²) in [6, 6.07) is 0. The second kappa shape index (κ2) is 5.70. The Kier molecular flexibility index (Phi) is 5.28. The van der Waals surface area contributed by atoms with Gasteiger partial charge < -0.3 is 15.2 Å². The van der Waals surface area contributed by atoms with Crippen molar-refractivity contribution >= 4 is 11.9 Å². The zero-order valence-electron chi connectivity index (χ0n) is 9.66. The molecule has 0 bridgehead atoms. The molecule has 0 saturated heterocycles. The topological polar surface area (TPSA) is 75.6 Å². The normalized spacial score (nSPS) is 13.3. The molecule has 0 fully saturated rings. The summed E-state index contributed by atoms with van der Waals surface area (Å²) < 4.78 is 4.93. The molecule has 0 aliphatic heterocycles. The Labute approximate surface area is 89.8 Å². The SMILES string of the molecule is CCC(OC)C(=O)NCC(C)(C)C(=O)O. The molecule has 88 valence electrons. The summed E-state index contributed by atoms with van der Waals surface area (Å²) in [7, 11) is 1.45. The van der Waals surface area contributed by atoms with Crippen molar-refractivity contribution < 1.29 is 19.4 Å². The summed E-state index contributed by atoms with van der Waals surface area (Å²) in [5, 5.41) is 11.4. The highest BCUT2D eigenvalue weighted by Crippen LogP contribution is 2.13. The number of amides is 1. The maximum atomic E-state index is 11.4. The Morgan fingerprint density at radius 2 is 2.00 bits per heavy atom. The first-order valence-electron chi connectivity index (χ1n) is 4.89. The minimum Gasteiger partial charge on any atom is -0.481 e. The number of carboxylic acid groups (broad SMARTS) is 1. The van der Waals surface area contributed by atoms with Crippen molar-refractivity contribution in [2.45, 2.75) is 33.3 Å². The fraction of sp³-hybridized carbons (Fsp3) is 0.800. The fourth-order valence-corrected chi connectivity index (χ4v) is 0.957. The Morgan fingerprint density at radius 3 is 2.33 bits per heavy atom. The maximum absolute atomic E-state index is 11.4. The van der Waals surface area contributed by atoms with E-state index in [0.717, 1.165) is 0 Å². The lowest BCUT2D eigenvalue weighted by Gasteiger charge is -2.21. The van der Waals surface area contributed by atoms with Gasteiger partial charge in [-0.3, -0.25) is 9.59 Å². The zero-order valence-corrected chi connectivity index (χ0v) is 9.66. The highest BCUT2D eigenvalue weighted by molar-refractivity contribution is 5.82. The average molecular weight is 217 g/mol. The first-order valence-corrected chi connectivity index (χ1v) is 4.89. The van der Waals surface area contributed by atoms with E-state index in [2.05, 4.69) is 5.32 Å². The first kappa shape index (κ1) is 13.9. The average Bonchev–Trinajstić information content (AvgIpc) is 2.16. The summed E-state index contributed by atoms with van der Waals surface area (Å²) in [6.45, 7) is 5.05.